The highest BCUT2D eigenvalue weighted by Gasteiger charge is 2.20. The Morgan fingerprint density at radius 3 is 2.09 bits per heavy atom. The molecule has 0 saturated heterocycles. The van der Waals surface area contributed by atoms with Gasteiger partial charge in [-0.15, -0.1) is 10.2 Å². The third kappa shape index (κ3) is 4.85. The van der Waals surface area contributed by atoms with E-state index >= 15 is 0 Å². The highest BCUT2D eigenvalue weighted by molar-refractivity contribution is 6.36. The second kappa shape index (κ2) is 10.2. The van der Waals surface area contributed by atoms with E-state index in [1.54, 1.807) is 35.5 Å². The topological polar surface area (TPSA) is 54.3 Å². The van der Waals surface area contributed by atoms with Crippen molar-refractivity contribution in [2.45, 2.75) is 6.92 Å². The molecule has 1 heterocycles. The standard InChI is InChI=1S/C25H19Cl2N5/c1-2-3-16-28-32(22-15-14-20(26)17-21(22)27)25-29-23(18-10-6-4-7-11-18)24(30-31-25)19-12-8-5-9-13-19/h2-17H,1H3. The summed E-state index contributed by atoms with van der Waals surface area (Å²) in [6, 6.07) is 24.9. The predicted octanol–water partition coefficient (Wildman–Crippen LogP) is 7.21. The number of halogens is 2. The lowest BCUT2D eigenvalue weighted by atomic mass is 10.0. The summed E-state index contributed by atoms with van der Waals surface area (Å²) in [5, 5.41) is 15.9. The average molecular weight is 460 g/mol. The largest absolute Gasteiger partial charge is 0.271 e. The molecule has 0 unspecified atom stereocenters. The molecule has 0 spiro atoms. The zero-order chi connectivity index (χ0) is 22.3. The third-order valence-electron chi connectivity index (χ3n) is 4.56. The molecule has 0 aliphatic heterocycles. The van der Waals surface area contributed by atoms with Crippen LogP contribution in [0.1, 0.15) is 6.92 Å². The van der Waals surface area contributed by atoms with E-state index in [4.69, 9.17) is 28.2 Å². The highest BCUT2D eigenvalue weighted by atomic mass is 35.5. The van der Waals surface area contributed by atoms with Crippen molar-refractivity contribution in [1.82, 2.24) is 15.2 Å². The first kappa shape index (κ1) is 21.7. The van der Waals surface area contributed by atoms with Gasteiger partial charge in [0.05, 0.1) is 10.7 Å². The van der Waals surface area contributed by atoms with Crippen LogP contribution in [0.2, 0.25) is 10.0 Å². The van der Waals surface area contributed by atoms with Crippen LogP contribution in [-0.4, -0.2) is 21.4 Å². The quantitative estimate of drug-likeness (QED) is 0.225. The van der Waals surface area contributed by atoms with Gasteiger partial charge in [0.1, 0.15) is 11.4 Å². The number of hydrogen-bond acceptors (Lipinski definition) is 5. The summed E-state index contributed by atoms with van der Waals surface area (Å²) in [5.74, 6) is 0.286. The molecule has 4 rings (SSSR count). The number of benzene rings is 3. The first-order valence-corrected chi connectivity index (χ1v) is 10.7. The number of aromatic nitrogens is 3. The molecule has 5 nitrogen and oxygen atoms in total. The summed E-state index contributed by atoms with van der Waals surface area (Å²) in [5.41, 5.74) is 3.80. The van der Waals surface area contributed by atoms with Crippen LogP contribution in [0.15, 0.2) is 96.1 Å². The first-order chi connectivity index (χ1) is 15.7. The molecule has 0 amide bonds. The van der Waals surface area contributed by atoms with E-state index < -0.39 is 0 Å². The molecule has 32 heavy (non-hydrogen) atoms. The van der Waals surface area contributed by atoms with Gasteiger partial charge in [0.2, 0.25) is 0 Å². The SMILES string of the molecule is CC=CC=NN(c1nnc(-c2ccccc2)c(-c2ccccc2)n1)c1ccc(Cl)cc1Cl. The van der Waals surface area contributed by atoms with Gasteiger partial charge in [0, 0.05) is 22.4 Å². The summed E-state index contributed by atoms with van der Waals surface area (Å²) in [4.78, 5) is 4.86. The van der Waals surface area contributed by atoms with Crippen LogP contribution in [-0.2, 0) is 0 Å². The Morgan fingerprint density at radius 1 is 0.812 bits per heavy atom. The van der Waals surface area contributed by atoms with E-state index in [-0.39, 0.29) is 5.95 Å². The minimum atomic E-state index is 0.286. The van der Waals surface area contributed by atoms with E-state index in [2.05, 4.69) is 15.3 Å². The van der Waals surface area contributed by atoms with E-state index in [1.165, 1.54) is 0 Å². The van der Waals surface area contributed by atoms with Crippen molar-refractivity contribution in [2.24, 2.45) is 5.10 Å². The number of rotatable bonds is 6. The van der Waals surface area contributed by atoms with Crippen LogP contribution in [0.3, 0.4) is 0 Å². The average Bonchev–Trinajstić information content (AvgIpc) is 2.83. The van der Waals surface area contributed by atoms with Gasteiger partial charge in [0.25, 0.3) is 5.95 Å². The predicted molar refractivity (Wildman–Crippen MR) is 133 cm³/mol. The lowest BCUT2D eigenvalue weighted by molar-refractivity contribution is 0.909. The van der Waals surface area contributed by atoms with Gasteiger partial charge in [-0.3, -0.25) is 0 Å². The molecule has 0 atom stereocenters. The van der Waals surface area contributed by atoms with E-state index in [0.717, 1.165) is 11.1 Å². The van der Waals surface area contributed by atoms with Gasteiger partial charge >= 0.3 is 0 Å². The van der Waals surface area contributed by atoms with Gasteiger partial charge in [-0.05, 0) is 31.2 Å². The molecule has 158 valence electrons. The Kier molecular flexibility index (Phi) is 6.90. The number of anilines is 2. The van der Waals surface area contributed by atoms with Crippen molar-refractivity contribution in [1.29, 1.82) is 0 Å². The molecule has 0 aliphatic carbocycles. The van der Waals surface area contributed by atoms with E-state index in [0.29, 0.717) is 27.1 Å². The Balaban J connectivity index is 1.90. The van der Waals surface area contributed by atoms with Gasteiger partial charge in [-0.25, -0.2) is 4.98 Å². The van der Waals surface area contributed by atoms with Gasteiger partial charge in [-0.1, -0.05) is 89.9 Å². The fourth-order valence-corrected chi connectivity index (χ4v) is 3.55. The second-order valence-corrected chi connectivity index (χ2v) is 7.58. The molecular weight excluding hydrogens is 441 g/mol. The number of nitrogens with zero attached hydrogens (tertiary/aromatic N) is 5. The minimum Gasteiger partial charge on any atom is -0.207 e. The smallest absolute Gasteiger partial charge is 0.207 e. The van der Waals surface area contributed by atoms with Gasteiger partial charge < -0.3 is 0 Å². The van der Waals surface area contributed by atoms with E-state index in [1.807, 2.05) is 73.7 Å². The first-order valence-electron chi connectivity index (χ1n) is 9.93. The van der Waals surface area contributed by atoms with Crippen molar-refractivity contribution in [3.63, 3.8) is 0 Å². The summed E-state index contributed by atoms with van der Waals surface area (Å²) >= 11 is 12.6. The molecule has 4 aromatic rings. The molecule has 0 N–H and O–H groups in total. The molecule has 0 fully saturated rings. The van der Waals surface area contributed by atoms with Crippen LogP contribution in [0.4, 0.5) is 11.6 Å². The number of hydrazone groups is 1. The maximum Gasteiger partial charge on any atom is 0.271 e. The molecule has 0 bridgehead atoms. The highest BCUT2D eigenvalue weighted by Crippen LogP contribution is 2.35. The summed E-state index contributed by atoms with van der Waals surface area (Å²) < 4.78 is 0. The number of hydrogen-bond donors (Lipinski definition) is 0. The molecule has 1 aromatic heterocycles. The molecule has 0 radical (unpaired) electrons. The van der Waals surface area contributed by atoms with Crippen molar-refractivity contribution < 1.29 is 0 Å². The second-order valence-electron chi connectivity index (χ2n) is 6.74. The van der Waals surface area contributed by atoms with Crippen LogP contribution >= 0.6 is 23.2 Å². The Hall–Kier alpha value is -3.54. The minimum absolute atomic E-state index is 0.286. The molecule has 7 heteroatoms. The lowest BCUT2D eigenvalue weighted by Gasteiger charge is -2.19. The lowest BCUT2D eigenvalue weighted by Crippen LogP contribution is -2.15. The fraction of sp³-hybridized carbons (Fsp3) is 0.0400. The number of allylic oxidation sites excluding steroid dienone is 2. The summed E-state index contributed by atoms with van der Waals surface area (Å²) in [6.07, 6.45) is 5.32. The van der Waals surface area contributed by atoms with Crippen molar-refractivity contribution in [3.8, 4) is 22.5 Å². The Labute approximate surface area is 196 Å². The monoisotopic (exact) mass is 459 g/mol. The van der Waals surface area contributed by atoms with Crippen LogP contribution in [0, 0.1) is 0 Å². The van der Waals surface area contributed by atoms with E-state index in [9.17, 15) is 0 Å². The maximum absolute atomic E-state index is 6.48. The maximum atomic E-state index is 6.48. The zero-order valence-electron chi connectivity index (χ0n) is 17.2. The van der Waals surface area contributed by atoms with Crippen LogP contribution in [0.25, 0.3) is 22.5 Å². The van der Waals surface area contributed by atoms with Crippen molar-refractivity contribution in [2.75, 3.05) is 5.01 Å². The van der Waals surface area contributed by atoms with Gasteiger partial charge in [-0.2, -0.15) is 10.1 Å². The Morgan fingerprint density at radius 2 is 1.47 bits per heavy atom. The van der Waals surface area contributed by atoms with Gasteiger partial charge in [0.15, 0.2) is 0 Å². The molecular formula is C25H19Cl2N5. The fourth-order valence-electron chi connectivity index (χ4n) is 3.06. The summed E-state index contributed by atoms with van der Waals surface area (Å²) in [7, 11) is 0. The summed E-state index contributed by atoms with van der Waals surface area (Å²) in [6.45, 7) is 1.91. The molecule has 0 aliphatic rings. The Bertz CT molecular complexity index is 1260. The van der Waals surface area contributed by atoms with Crippen molar-refractivity contribution >= 4 is 41.1 Å². The zero-order valence-corrected chi connectivity index (χ0v) is 18.7. The van der Waals surface area contributed by atoms with Crippen molar-refractivity contribution in [3.05, 3.63) is 101 Å². The third-order valence-corrected chi connectivity index (χ3v) is 5.10. The van der Waals surface area contributed by atoms with Crippen LogP contribution in [0.5, 0.6) is 0 Å². The molecule has 3 aromatic carbocycles. The normalized spacial score (nSPS) is 11.3. The van der Waals surface area contributed by atoms with Crippen LogP contribution < -0.4 is 5.01 Å². The molecule has 0 saturated carbocycles.